The predicted molar refractivity (Wildman–Crippen MR) is 123 cm³/mol. The number of thiophene rings is 1. The highest BCUT2D eigenvalue weighted by atomic mass is 32.2. The quantitative estimate of drug-likeness (QED) is 0.300. The van der Waals surface area contributed by atoms with Crippen molar-refractivity contribution in [3.63, 3.8) is 0 Å². The SMILES string of the molecule is CCC(Sc1ncnc2sc(C)c(-c3ccccc3)c12)C(=O)Nc1ccccc1. The van der Waals surface area contributed by atoms with Crippen molar-refractivity contribution in [3.05, 3.63) is 71.9 Å². The molecule has 0 aliphatic heterocycles. The molecular formula is C23H21N3OS2. The van der Waals surface area contributed by atoms with E-state index >= 15 is 0 Å². The normalized spacial score (nSPS) is 12.1. The van der Waals surface area contributed by atoms with Gasteiger partial charge in [0, 0.05) is 16.1 Å². The van der Waals surface area contributed by atoms with Crippen molar-refractivity contribution in [1.29, 1.82) is 0 Å². The third kappa shape index (κ3) is 4.18. The highest BCUT2D eigenvalue weighted by Crippen LogP contribution is 2.42. The van der Waals surface area contributed by atoms with E-state index in [0.29, 0.717) is 6.42 Å². The Kier molecular flexibility index (Phi) is 5.92. The van der Waals surface area contributed by atoms with Crippen LogP contribution in [0.2, 0.25) is 0 Å². The molecule has 4 aromatic rings. The number of fused-ring (bicyclic) bond motifs is 1. The number of hydrogen-bond acceptors (Lipinski definition) is 5. The van der Waals surface area contributed by atoms with Crippen LogP contribution in [0.15, 0.2) is 72.0 Å². The molecule has 0 bridgehead atoms. The van der Waals surface area contributed by atoms with Gasteiger partial charge in [-0.2, -0.15) is 0 Å². The molecule has 29 heavy (non-hydrogen) atoms. The molecule has 0 saturated carbocycles. The van der Waals surface area contributed by atoms with Gasteiger partial charge in [-0.25, -0.2) is 9.97 Å². The number of nitrogens with zero attached hydrogens (tertiary/aromatic N) is 2. The van der Waals surface area contributed by atoms with E-state index in [4.69, 9.17) is 0 Å². The summed E-state index contributed by atoms with van der Waals surface area (Å²) in [6.45, 7) is 4.14. The first-order chi connectivity index (χ1) is 14.2. The van der Waals surface area contributed by atoms with Gasteiger partial charge in [0.1, 0.15) is 16.2 Å². The second kappa shape index (κ2) is 8.76. The molecule has 146 valence electrons. The summed E-state index contributed by atoms with van der Waals surface area (Å²) >= 11 is 3.18. The molecule has 2 heterocycles. The van der Waals surface area contributed by atoms with E-state index in [-0.39, 0.29) is 11.2 Å². The van der Waals surface area contributed by atoms with Crippen molar-refractivity contribution in [2.75, 3.05) is 5.32 Å². The van der Waals surface area contributed by atoms with Gasteiger partial charge in [-0.05, 0) is 31.0 Å². The largest absolute Gasteiger partial charge is 0.325 e. The molecule has 4 nitrogen and oxygen atoms in total. The Morgan fingerprint density at radius 2 is 1.76 bits per heavy atom. The maximum absolute atomic E-state index is 12.9. The van der Waals surface area contributed by atoms with Gasteiger partial charge in [0.25, 0.3) is 0 Å². The van der Waals surface area contributed by atoms with E-state index in [9.17, 15) is 4.79 Å². The zero-order valence-electron chi connectivity index (χ0n) is 16.3. The summed E-state index contributed by atoms with van der Waals surface area (Å²) in [5, 5.41) is 4.67. The Labute approximate surface area is 178 Å². The van der Waals surface area contributed by atoms with E-state index in [2.05, 4.69) is 34.3 Å². The van der Waals surface area contributed by atoms with Gasteiger partial charge in [-0.15, -0.1) is 11.3 Å². The lowest BCUT2D eigenvalue weighted by Gasteiger charge is -2.15. The fourth-order valence-corrected chi connectivity index (χ4v) is 5.36. The molecular weight excluding hydrogens is 398 g/mol. The molecule has 0 fully saturated rings. The third-order valence-electron chi connectivity index (χ3n) is 4.65. The van der Waals surface area contributed by atoms with Gasteiger partial charge >= 0.3 is 0 Å². The van der Waals surface area contributed by atoms with Gasteiger partial charge in [0.15, 0.2) is 0 Å². The van der Waals surface area contributed by atoms with Crippen molar-refractivity contribution < 1.29 is 4.79 Å². The fourth-order valence-electron chi connectivity index (χ4n) is 3.26. The molecule has 0 radical (unpaired) electrons. The van der Waals surface area contributed by atoms with Crippen molar-refractivity contribution >= 4 is 44.9 Å². The smallest absolute Gasteiger partial charge is 0.237 e. The van der Waals surface area contributed by atoms with Crippen LogP contribution in [0.25, 0.3) is 21.3 Å². The topological polar surface area (TPSA) is 54.9 Å². The van der Waals surface area contributed by atoms with Crippen LogP contribution in [-0.2, 0) is 4.79 Å². The Morgan fingerprint density at radius 3 is 2.45 bits per heavy atom. The molecule has 0 saturated heterocycles. The van der Waals surface area contributed by atoms with Gasteiger partial charge < -0.3 is 5.32 Å². The summed E-state index contributed by atoms with van der Waals surface area (Å²) in [7, 11) is 0. The number of nitrogens with one attached hydrogen (secondary N) is 1. The lowest BCUT2D eigenvalue weighted by atomic mass is 10.0. The highest BCUT2D eigenvalue weighted by molar-refractivity contribution is 8.00. The van der Waals surface area contributed by atoms with Crippen LogP contribution < -0.4 is 5.32 Å². The fraction of sp³-hybridized carbons (Fsp3) is 0.174. The zero-order chi connectivity index (χ0) is 20.2. The number of para-hydroxylation sites is 1. The molecule has 0 aliphatic carbocycles. The second-order valence-electron chi connectivity index (χ2n) is 6.63. The van der Waals surface area contributed by atoms with E-state index in [1.54, 1.807) is 17.7 Å². The lowest BCUT2D eigenvalue weighted by Crippen LogP contribution is -2.24. The zero-order valence-corrected chi connectivity index (χ0v) is 17.9. The van der Waals surface area contributed by atoms with Crippen LogP contribution in [-0.4, -0.2) is 21.1 Å². The first-order valence-corrected chi connectivity index (χ1v) is 11.2. The maximum atomic E-state index is 12.9. The molecule has 0 aliphatic rings. The van der Waals surface area contributed by atoms with Crippen LogP contribution in [0, 0.1) is 6.92 Å². The van der Waals surface area contributed by atoms with Crippen LogP contribution in [0.5, 0.6) is 0 Å². The van der Waals surface area contributed by atoms with Crippen LogP contribution in [0.1, 0.15) is 18.2 Å². The molecule has 1 amide bonds. The van der Waals surface area contributed by atoms with Crippen LogP contribution in [0.4, 0.5) is 5.69 Å². The number of benzene rings is 2. The summed E-state index contributed by atoms with van der Waals surface area (Å²) in [5.74, 6) is -0.0105. The molecule has 1 unspecified atom stereocenters. The molecule has 0 spiro atoms. The van der Waals surface area contributed by atoms with E-state index in [1.165, 1.54) is 16.6 Å². The lowest BCUT2D eigenvalue weighted by molar-refractivity contribution is -0.115. The number of carbonyl (C=O) groups excluding carboxylic acids is 1. The van der Waals surface area contributed by atoms with Crippen molar-refractivity contribution in [1.82, 2.24) is 9.97 Å². The average Bonchev–Trinajstić information content (AvgIpc) is 3.09. The van der Waals surface area contributed by atoms with Gasteiger partial charge in [0.05, 0.1) is 10.6 Å². The number of carbonyl (C=O) groups is 1. The molecule has 1 atom stereocenters. The first-order valence-electron chi connectivity index (χ1n) is 9.49. The third-order valence-corrected chi connectivity index (χ3v) is 7.03. The number of aryl methyl sites for hydroxylation is 1. The average molecular weight is 420 g/mol. The minimum absolute atomic E-state index is 0.0105. The number of amides is 1. The molecule has 4 rings (SSSR count). The van der Waals surface area contributed by atoms with Gasteiger partial charge in [-0.3, -0.25) is 4.79 Å². The maximum Gasteiger partial charge on any atom is 0.237 e. The number of aromatic nitrogens is 2. The minimum Gasteiger partial charge on any atom is -0.325 e. The number of anilines is 1. The van der Waals surface area contributed by atoms with Crippen molar-refractivity contribution in [3.8, 4) is 11.1 Å². The summed E-state index contributed by atoms with van der Waals surface area (Å²) in [5.41, 5.74) is 3.11. The Bertz CT molecular complexity index is 1130. The number of hydrogen-bond donors (Lipinski definition) is 1. The molecule has 1 N–H and O–H groups in total. The summed E-state index contributed by atoms with van der Waals surface area (Å²) in [6, 6.07) is 19.9. The monoisotopic (exact) mass is 419 g/mol. The molecule has 6 heteroatoms. The number of thioether (sulfide) groups is 1. The van der Waals surface area contributed by atoms with E-state index in [0.717, 1.165) is 32.1 Å². The number of rotatable bonds is 6. The van der Waals surface area contributed by atoms with E-state index in [1.807, 2.05) is 55.5 Å². The molecule has 2 aromatic heterocycles. The first kappa shape index (κ1) is 19.6. The summed E-state index contributed by atoms with van der Waals surface area (Å²) < 4.78 is 0. The second-order valence-corrected chi connectivity index (χ2v) is 9.02. The van der Waals surface area contributed by atoms with Crippen molar-refractivity contribution in [2.45, 2.75) is 30.5 Å². The molecule has 2 aromatic carbocycles. The van der Waals surface area contributed by atoms with Crippen LogP contribution in [0.3, 0.4) is 0 Å². The predicted octanol–water partition coefficient (Wildman–Crippen LogP) is 6.18. The van der Waals surface area contributed by atoms with Gasteiger partial charge in [0.2, 0.25) is 5.91 Å². The standard InChI is InChI=1S/C23H21N3OS2/c1-3-18(21(27)26-17-12-8-5-9-13-17)29-23-20-19(16-10-6-4-7-11-16)15(2)28-22(20)24-14-25-23/h4-14,18H,3H2,1-2H3,(H,26,27). The van der Waals surface area contributed by atoms with Gasteiger partial charge in [-0.1, -0.05) is 67.2 Å². The summed E-state index contributed by atoms with van der Waals surface area (Å²) in [6.07, 6.45) is 2.30. The Morgan fingerprint density at radius 1 is 1.07 bits per heavy atom. The Balaban J connectivity index is 1.69. The van der Waals surface area contributed by atoms with Crippen LogP contribution >= 0.6 is 23.1 Å². The minimum atomic E-state index is -0.239. The van der Waals surface area contributed by atoms with E-state index < -0.39 is 0 Å². The Hall–Kier alpha value is -2.70. The summed E-state index contributed by atoms with van der Waals surface area (Å²) in [4.78, 5) is 24.1. The van der Waals surface area contributed by atoms with Crippen molar-refractivity contribution in [2.24, 2.45) is 0 Å². The highest BCUT2D eigenvalue weighted by Gasteiger charge is 2.23.